The Bertz CT molecular complexity index is 534. The Morgan fingerprint density at radius 3 is 1.71 bits per heavy atom. The van der Waals surface area contributed by atoms with Crippen molar-refractivity contribution in [1.29, 1.82) is 0 Å². The topological polar surface area (TPSA) is 34.1 Å². The van der Waals surface area contributed by atoms with Crippen molar-refractivity contribution in [2.75, 3.05) is 0 Å². The van der Waals surface area contributed by atoms with Crippen LogP contribution in [0.25, 0.3) is 0 Å². The molecule has 0 aromatic rings. The van der Waals surface area contributed by atoms with Crippen molar-refractivity contribution < 1.29 is 21.6 Å². The van der Waals surface area contributed by atoms with Crippen molar-refractivity contribution in [3.8, 4) is 0 Å². The standard InChI is InChI=1S/C18H33F3O2S/c1-9-11-12-14(10-2)17(16(6,7)8,13-15(3,4)5)24(22,23)18(19,20)21/h9,11,14H,10,12-13H2,1-8H3/b11-9-/t14-,17?/m0/s1. The molecule has 0 aliphatic carbocycles. The van der Waals surface area contributed by atoms with Crippen LogP contribution in [0.3, 0.4) is 0 Å². The largest absolute Gasteiger partial charge is 0.497 e. The van der Waals surface area contributed by atoms with Crippen molar-refractivity contribution in [2.24, 2.45) is 16.7 Å². The zero-order valence-corrected chi connectivity index (χ0v) is 17.0. The summed E-state index contributed by atoms with van der Waals surface area (Å²) in [6.07, 6.45) is 4.17. The molecule has 2 atom stereocenters. The molecule has 0 aromatic carbocycles. The van der Waals surface area contributed by atoms with Crippen LogP contribution in [0.15, 0.2) is 12.2 Å². The van der Waals surface area contributed by atoms with Gasteiger partial charge in [0.15, 0.2) is 0 Å². The quantitative estimate of drug-likeness (QED) is 0.527. The lowest BCUT2D eigenvalue weighted by Gasteiger charge is -2.51. The van der Waals surface area contributed by atoms with Crippen LogP contribution in [0.4, 0.5) is 13.2 Å². The molecule has 0 amide bonds. The van der Waals surface area contributed by atoms with Gasteiger partial charge in [0.2, 0.25) is 0 Å². The van der Waals surface area contributed by atoms with Crippen molar-refractivity contribution in [3.05, 3.63) is 12.2 Å². The third kappa shape index (κ3) is 4.55. The number of hydrogen-bond acceptors (Lipinski definition) is 2. The zero-order chi connectivity index (χ0) is 19.6. The van der Waals surface area contributed by atoms with Crippen LogP contribution in [0.1, 0.15) is 74.7 Å². The lowest BCUT2D eigenvalue weighted by atomic mass is 9.64. The molecule has 0 N–H and O–H groups in total. The number of alkyl halides is 3. The Balaban J connectivity index is 6.83. The zero-order valence-electron chi connectivity index (χ0n) is 16.2. The van der Waals surface area contributed by atoms with Gasteiger partial charge in [0, 0.05) is 0 Å². The fraction of sp³-hybridized carbons (Fsp3) is 0.889. The molecule has 0 rings (SSSR count). The van der Waals surface area contributed by atoms with Crippen molar-refractivity contribution >= 4 is 9.84 Å². The van der Waals surface area contributed by atoms with E-state index < -0.39 is 36.8 Å². The average Bonchev–Trinajstić information content (AvgIpc) is 2.33. The number of rotatable bonds is 6. The molecule has 2 nitrogen and oxygen atoms in total. The fourth-order valence-corrected chi connectivity index (χ4v) is 6.26. The lowest BCUT2D eigenvalue weighted by molar-refractivity contribution is -0.0515. The van der Waals surface area contributed by atoms with Gasteiger partial charge in [-0.1, -0.05) is 67.0 Å². The highest BCUT2D eigenvalue weighted by Gasteiger charge is 2.66. The third-order valence-corrected chi connectivity index (χ3v) is 7.31. The minimum atomic E-state index is -5.37. The summed E-state index contributed by atoms with van der Waals surface area (Å²) in [5.74, 6) is -0.612. The highest BCUT2D eigenvalue weighted by Crippen LogP contribution is 2.55. The summed E-state index contributed by atoms with van der Waals surface area (Å²) >= 11 is 0. The van der Waals surface area contributed by atoms with Crippen LogP contribution in [0, 0.1) is 16.7 Å². The van der Waals surface area contributed by atoms with E-state index in [0.717, 1.165) is 0 Å². The maximum Gasteiger partial charge on any atom is 0.497 e. The highest BCUT2D eigenvalue weighted by atomic mass is 32.2. The van der Waals surface area contributed by atoms with E-state index in [1.165, 1.54) is 0 Å². The maximum absolute atomic E-state index is 13.6. The third-order valence-electron chi connectivity index (χ3n) is 4.66. The molecule has 1 unspecified atom stereocenters. The second kappa shape index (κ2) is 7.38. The molecule has 0 spiro atoms. The van der Waals surface area contributed by atoms with E-state index in [9.17, 15) is 21.6 Å². The van der Waals surface area contributed by atoms with Crippen molar-refractivity contribution in [2.45, 2.75) is 84.9 Å². The van der Waals surface area contributed by atoms with E-state index in [1.807, 2.05) is 0 Å². The predicted octanol–water partition coefficient (Wildman–Crippen LogP) is 6.13. The molecule has 0 radical (unpaired) electrons. The predicted molar refractivity (Wildman–Crippen MR) is 94.4 cm³/mol. The first-order valence-electron chi connectivity index (χ1n) is 8.40. The summed E-state index contributed by atoms with van der Waals surface area (Å²) in [6, 6.07) is 0. The molecule has 0 bridgehead atoms. The molecule has 24 heavy (non-hydrogen) atoms. The van der Waals surface area contributed by atoms with E-state index in [2.05, 4.69) is 0 Å². The summed E-state index contributed by atoms with van der Waals surface area (Å²) in [5.41, 5.74) is -6.89. The molecular weight excluding hydrogens is 337 g/mol. The van der Waals surface area contributed by atoms with Gasteiger partial charge in [-0.2, -0.15) is 13.2 Å². The molecule has 6 heteroatoms. The Morgan fingerprint density at radius 1 is 1.00 bits per heavy atom. The van der Waals surface area contributed by atoms with Crippen molar-refractivity contribution in [1.82, 2.24) is 0 Å². The molecule has 0 fully saturated rings. The first kappa shape index (κ1) is 23.5. The highest BCUT2D eigenvalue weighted by molar-refractivity contribution is 7.93. The first-order valence-corrected chi connectivity index (χ1v) is 9.88. The molecular formula is C18H33F3O2S. The minimum Gasteiger partial charge on any atom is -0.219 e. The van der Waals surface area contributed by atoms with Crippen LogP contribution in [0.2, 0.25) is 0 Å². The van der Waals surface area contributed by atoms with Crippen LogP contribution in [-0.4, -0.2) is 18.7 Å². The summed E-state index contributed by atoms with van der Waals surface area (Å²) < 4.78 is 64.7. The van der Waals surface area contributed by atoms with Gasteiger partial charge in [0.25, 0.3) is 9.84 Å². The Hall–Kier alpha value is -0.520. The maximum atomic E-state index is 13.6. The Kier molecular flexibility index (Phi) is 7.22. The van der Waals surface area contributed by atoms with Crippen LogP contribution < -0.4 is 0 Å². The van der Waals surface area contributed by atoms with Crippen LogP contribution in [-0.2, 0) is 9.84 Å². The molecule has 0 saturated heterocycles. The normalized spacial score (nSPS) is 18.6. The second-order valence-electron chi connectivity index (χ2n) is 8.74. The van der Waals surface area contributed by atoms with Gasteiger partial charge in [-0.3, -0.25) is 0 Å². The summed E-state index contributed by atoms with van der Waals surface area (Å²) in [5, 5.41) is 0. The lowest BCUT2D eigenvalue weighted by Crippen LogP contribution is -2.60. The van der Waals surface area contributed by atoms with Crippen LogP contribution in [0.5, 0.6) is 0 Å². The smallest absolute Gasteiger partial charge is 0.219 e. The molecule has 0 aromatic heterocycles. The molecule has 0 aliphatic heterocycles. The van der Waals surface area contributed by atoms with Gasteiger partial charge < -0.3 is 0 Å². The molecule has 0 heterocycles. The number of allylic oxidation sites excluding steroid dienone is 2. The number of sulfone groups is 1. The van der Waals surface area contributed by atoms with E-state index in [4.69, 9.17) is 0 Å². The van der Waals surface area contributed by atoms with Gasteiger partial charge in [-0.15, -0.1) is 0 Å². The Labute approximate surface area is 145 Å². The van der Waals surface area contributed by atoms with E-state index >= 15 is 0 Å². The SMILES string of the molecule is C/C=C\C[C@H](CC)C(CC(C)(C)C)(C(C)(C)C)S(=O)(=O)C(F)(F)F. The second-order valence-corrected chi connectivity index (χ2v) is 10.9. The molecule has 0 aliphatic rings. The van der Waals surface area contributed by atoms with Gasteiger partial charge in [0.05, 0.1) is 4.75 Å². The van der Waals surface area contributed by atoms with Gasteiger partial charge in [0.1, 0.15) is 0 Å². The summed E-state index contributed by atoms with van der Waals surface area (Å²) in [4.78, 5) is 0. The minimum absolute atomic E-state index is 0.0403. The van der Waals surface area contributed by atoms with E-state index in [0.29, 0.717) is 12.8 Å². The van der Waals surface area contributed by atoms with Gasteiger partial charge in [-0.05, 0) is 36.5 Å². The van der Waals surface area contributed by atoms with E-state index in [1.54, 1.807) is 67.5 Å². The summed E-state index contributed by atoms with van der Waals surface area (Å²) in [7, 11) is -5.37. The summed E-state index contributed by atoms with van der Waals surface area (Å²) in [6.45, 7) is 13.8. The fourth-order valence-electron chi connectivity index (χ4n) is 3.72. The monoisotopic (exact) mass is 370 g/mol. The molecule has 144 valence electrons. The average molecular weight is 371 g/mol. The molecule has 0 saturated carbocycles. The first-order chi connectivity index (χ1) is 10.5. The van der Waals surface area contributed by atoms with E-state index in [-0.39, 0.29) is 6.42 Å². The Morgan fingerprint density at radius 2 is 1.46 bits per heavy atom. The van der Waals surface area contributed by atoms with Gasteiger partial charge in [-0.25, -0.2) is 8.42 Å². The van der Waals surface area contributed by atoms with Gasteiger partial charge >= 0.3 is 5.51 Å². The van der Waals surface area contributed by atoms with Crippen LogP contribution >= 0.6 is 0 Å². The number of hydrogen-bond donors (Lipinski definition) is 0. The number of halogens is 3. The van der Waals surface area contributed by atoms with Crippen molar-refractivity contribution in [3.63, 3.8) is 0 Å².